The van der Waals surface area contributed by atoms with E-state index in [1.165, 1.54) is 18.6 Å². The normalized spacial score (nSPS) is 21.9. The lowest BCUT2D eigenvalue weighted by atomic mass is 9.95. The Morgan fingerprint density at radius 3 is 2.45 bits per heavy atom. The number of nitrogens with one attached hydrogen (secondary N) is 2. The number of benzene rings is 1. The molecule has 2 aliphatic rings. The van der Waals surface area contributed by atoms with E-state index >= 15 is 0 Å². The third-order valence-electron chi connectivity index (χ3n) is 7.05. The van der Waals surface area contributed by atoms with Gasteiger partial charge in [0.2, 0.25) is 0 Å². The fraction of sp³-hybridized carbons (Fsp3) is 0.458. The molecule has 1 heterocycles. The van der Waals surface area contributed by atoms with E-state index in [1.54, 1.807) is 38.5 Å². The zero-order valence-electron chi connectivity index (χ0n) is 18.3. The molecule has 6 nitrogen and oxygen atoms in total. The first-order chi connectivity index (χ1) is 14.7. The second-order valence-electron chi connectivity index (χ2n) is 9.00. The molecule has 0 unspecified atom stereocenters. The fourth-order valence-electron chi connectivity index (χ4n) is 5.31. The molecular weight excluding hydrogens is 397 g/mol. The highest BCUT2D eigenvalue weighted by molar-refractivity contribution is 6.43. The second kappa shape index (κ2) is 7.94. The van der Waals surface area contributed by atoms with Crippen molar-refractivity contribution in [3.05, 3.63) is 52.1 Å². The van der Waals surface area contributed by atoms with E-state index in [0.717, 1.165) is 19.3 Å². The molecular formula is C24H28FN3O3. The average Bonchev–Trinajstić information content (AvgIpc) is 3.39. The highest BCUT2D eigenvalue weighted by atomic mass is 19.1. The van der Waals surface area contributed by atoms with Gasteiger partial charge in [-0.1, -0.05) is 6.42 Å². The van der Waals surface area contributed by atoms with Crippen molar-refractivity contribution in [1.29, 1.82) is 0 Å². The van der Waals surface area contributed by atoms with Crippen LogP contribution in [0.3, 0.4) is 0 Å². The Kier molecular flexibility index (Phi) is 5.45. The van der Waals surface area contributed by atoms with Gasteiger partial charge < -0.3 is 15.2 Å². The van der Waals surface area contributed by atoms with Crippen LogP contribution >= 0.6 is 0 Å². The summed E-state index contributed by atoms with van der Waals surface area (Å²) < 4.78 is 15.1. The number of fused-ring (bicyclic) bond motifs is 2. The highest BCUT2D eigenvalue weighted by Gasteiger charge is 2.41. The molecule has 164 valence electrons. The minimum atomic E-state index is -0.623. The summed E-state index contributed by atoms with van der Waals surface area (Å²) in [6.45, 7) is 5.04. The summed E-state index contributed by atoms with van der Waals surface area (Å²) in [5.41, 5.74) is 2.51. The molecule has 2 N–H and O–H groups in total. The van der Waals surface area contributed by atoms with Crippen molar-refractivity contribution in [3.8, 4) is 0 Å². The topological polar surface area (TPSA) is 80.2 Å². The molecule has 2 aromatic rings. The van der Waals surface area contributed by atoms with Crippen LogP contribution in [-0.4, -0.2) is 28.2 Å². The quantitative estimate of drug-likeness (QED) is 0.564. The molecule has 2 fully saturated rings. The lowest BCUT2D eigenvalue weighted by Gasteiger charge is -2.22. The number of nitrogens with zero attached hydrogens (tertiary/aromatic N) is 1. The van der Waals surface area contributed by atoms with Crippen LogP contribution in [0, 0.1) is 38.4 Å². The van der Waals surface area contributed by atoms with Crippen LogP contribution in [-0.2, 0) is 11.8 Å². The minimum Gasteiger partial charge on any atom is -0.346 e. The molecule has 0 spiro atoms. The summed E-state index contributed by atoms with van der Waals surface area (Å²) in [6, 6.07) is 4.41. The monoisotopic (exact) mass is 425 g/mol. The van der Waals surface area contributed by atoms with E-state index in [-0.39, 0.29) is 17.6 Å². The number of rotatable bonds is 5. The average molecular weight is 426 g/mol. The van der Waals surface area contributed by atoms with Crippen molar-refractivity contribution in [1.82, 2.24) is 9.88 Å². The lowest BCUT2D eigenvalue weighted by molar-refractivity contribution is -0.118. The summed E-state index contributed by atoms with van der Waals surface area (Å²) >= 11 is 0. The van der Waals surface area contributed by atoms with E-state index in [4.69, 9.17) is 0 Å². The molecule has 7 heteroatoms. The summed E-state index contributed by atoms with van der Waals surface area (Å²) in [5, 5.41) is 5.70. The van der Waals surface area contributed by atoms with Gasteiger partial charge in [-0.2, -0.15) is 0 Å². The van der Waals surface area contributed by atoms with E-state index in [1.807, 2.05) is 0 Å². The van der Waals surface area contributed by atoms with Gasteiger partial charge in [-0.15, -0.1) is 0 Å². The van der Waals surface area contributed by atoms with Gasteiger partial charge in [0.25, 0.3) is 17.6 Å². The zero-order valence-corrected chi connectivity index (χ0v) is 18.3. The van der Waals surface area contributed by atoms with Crippen LogP contribution in [0.25, 0.3) is 0 Å². The van der Waals surface area contributed by atoms with Gasteiger partial charge in [0.05, 0.1) is 11.3 Å². The van der Waals surface area contributed by atoms with Crippen LogP contribution in [0.1, 0.15) is 63.4 Å². The van der Waals surface area contributed by atoms with E-state index in [2.05, 4.69) is 10.6 Å². The molecule has 2 amide bonds. The van der Waals surface area contributed by atoms with Gasteiger partial charge in [0.15, 0.2) is 0 Å². The SMILES string of the molecule is Cc1cc(NC(=O)c2c(C)c(C(=O)C(=O)N[C@H]3C[C@@H]4CC[C@H]3C4)n(C)c2C)ccc1F. The Labute approximate surface area is 181 Å². The van der Waals surface area contributed by atoms with E-state index in [9.17, 15) is 18.8 Å². The van der Waals surface area contributed by atoms with E-state index < -0.39 is 17.6 Å². The molecule has 1 aromatic heterocycles. The molecule has 0 radical (unpaired) electrons. The Hall–Kier alpha value is -2.96. The first-order valence-corrected chi connectivity index (χ1v) is 10.8. The number of amides is 2. The largest absolute Gasteiger partial charge is 0.346 e. The summed E-state index contributed by atoms with van der Waals surface area (Å²) in [6.07, 6.45) is 4.40. The number of aromatic nitrogens is 1. The maximum atomic E-state index is 13.5. The molecule has 0 saturated heterocycles. The Morgan fingerprint density at radius 1 is 1.10 bits per heavy atom. The van der Waals surface area contributed by atoms with Crippen molar-refractivity contribution in [3.63, 3.8) is 0 Å². The molecule has 2 bridgehead atoms. The van der Waals surface area contributed by atoms with Gasteiger partial charge in [-0.05, 0) is 81.2 Å². The van der Waals surface area contributed by atoms with Gasteiger partial charge in [0, 0.05) is 24.5 Å². The van der Waals surface area contributed by atoms with E-state index in [0.29, 0.717) is 39.9 Å². The number of Topliss-reactive ketones (excluding diaryl/α,β-unsaturated/α-hetero) is 1. The first-order valence-electron chi connectivity index (χ1n) is 10.8. The van der Waals surface area contributed by atoms with Crippen LogP contribution in [0.4, 0.5) is 10.1 Å². The van der Waals surface area contributed by atoms with Gasteiger partial charge in [0.1, 0.15) is 5.82 Å². The van der Waals surface area contributed by atoms with Crippen LogP contribution < -0.4 is 10.6 Å². The van der Waals surface area contributed by atoms with Crippen molar-refractivity contribution < 1.29 is 18.8 Å². The standard InChI is InChI=1S/C24H28FN3O3/c1-12-9-17(7-8-18(12)25)26-23(30)20-13(2)21(28(4)14(20)3)22(29)24(31)27-19-11-15-5-6-16(19)10-15/h7-9,15-16,19H,5-6,10-11H2,1-4H3,(H,26,30)(H,27,31)/t15-,16+,19+/m1/s1. The number of hydrogen-bond acceptors (Lipinski definition) is 3. The number of aryl methyl sites for hydroxylation is 1. The smallest absolute Gasteiger partial charge is 0.294 e. The third-order valence-corrected chi connectivity index (χ3v) is 7.05. The summed E-state index contributed by atoms with van der Waals surface area (Å²) in [7, 11) is 1.68. The molecule has 2 aliphatic carbocycles. The third kappa shape index (κ3) is 3.77. The minimum absolute atomic E-state index is 0.0707. The Bertz CT molecular complexity index is 1090. The molecule has 4 rings (SSSR count). The maximum Gasteiger partial charge on any atom is 0.294 e. The molecule has 3 atom stereocenters. The number of ketones is 1. The Balaban J connectivity index is 1.54. The molecule has 31 heavy (non-hydrogen) atoms. The maximum absolute atomic E-state index is 13.5. The highest BCUT2D eigenvalue weighted by Crippen LogP contribution is 2.44. The van der Waals surface area contributed by atoms with Crippen LogP contribution in [0.15, 0.2) is 18.2 Å². The summed E-state index contributed by atoms with van der Waals surface area (Å²) in [4.78, 5) is 38.7. The van der Waals surface area contributed by atoms with Gasteiger partial charge in [-0.25, -0.2) is 4.39 Å². The zero-order chi connectivity index (χ0) is 22.4. The van der Waals surface area contributed by atoms with Crippen molar-refractivity contribution in [2.24, 2.45) is 18.9 Å². The fourth-order valence-corrected chi connectivity index (χ4v) is 5.31. The number of halogens is 1. The predicted molar refractivity (Wildman–Crippen MR) is 116 cm³/mol. The number of hydrogen-bond donors (Lipinski definition) is 2. The molecule has 2 saturated carbocycles. The van der Waals surface area contributed by atoms with Crippen LogP contribution in [0.2, 0.25) is 0 Å². The number of carbonyl (C=O) groups is 3. The molecule has 0 aliphatic heterocycles. The first kappa shape index (κ1) is 21.3. The summed E-state index contributed by atoms with van der Waals surface area (Å²) in [5.74, 6) is -0.846. The van der Waals surface area contributed by atoms with Gasteiger partial charge in [-0.3, -0.25) is 14.4 Å². The van der Waals surface area contributed by atoms with Crippen molar-refractivity contribution in [2.75, 3.05) is 5.32 Å². The van der Waals surface area contributed by atoms with Crippen molar-refractivity contribution in [2.45, 2.75) is 52.5 Å². The Morgan fingerprint density at radius 2 is 1.84 bits per heavy atom. The number of carbonyl (C=O) groups excluding carboxylic acids is 3. The lowest BCUT2D eigenvalue weighted by Crippen LogP contribution is -2.42. The van der Waals surface area contributed by atoms with Gasteiger partial charge >= 0.3 is 0 Å². The predicted octanol–water partition coefficient (Wildman–Crippen LogP) is 3.83. The number of anilines is 1. The van der Waals surface area contributed by atoms with Crippen LogP contribution in [0.5, 0.6) is 0 Å². The van der Waals surface area contributed by atoms with Crippen molar-refractivity contribution >= 4 is 23.3 Å². The molecule has 1 aromatic carbocycles. The second-order valence-corrected chi connectivity index (χ2v) is 9.00.